The maximum absolute atomic E-state index is 6.12. The summed E-state index contributed by atoms with van der Waals surface area (Å²) >= 11 is 0. The van der Waals surface area contributed by atoms with Crippen molar-refractivity contribution in [3.63, 3.8) is 0 Å². The summed E-state index contributed by atoms with van der Waals surface area (Å²) in [5.74, 6) is 0.452. The van der Waals surface area contributed by atoms with Crippen LogP contribution in [0.3, 0.4) is 0 Å². The second-order valence-corrected chi connectivity index (χ2v) is 4.19. The van der Waals surface area contributed by atoms with Crippen LogP contribution in [-0.2, 0) is 0 Å². The summed E-state index contributed by atoms with van der Waals surface area (Å²) in [7, 11) is 0. The van der Waals surface area contributed by atoms with Crippen LogP contribution in [0.5, 0.6) is 0 Å². The largest absolute Gasteiger partial charge is 0.325 e. The van der Waals surface area contributed by atoms with Gasteiger partial charge in [0.2, 0.25) is 0 Å². The van der Waals surface area contributed by atoms with Crippen LogP contribution in [0, 0.1) is 0 Å². The van der Waals surface area contributed by atoms with Crippen LogP contribution in [0.1, 0.15) is 38.7 Å². The Labute approximate surface area is 81.0 Å². The van der Waals surface area contributed by atoms with Gasteiger partial charge in [-0.05, 0) is 25.8 Å². The van der Waals surface area contributed by atoms with Crippen molar-refractivity contribution >= 4 is 0 Å². The summed E-state index contributed by atoms with van der Waals surface area (Å²) in [6.45, 7) is 6.37. The average molecular weight is 177 g/mol. The zero-order valence-electron chi connectivity index (χ0n) is 8.75. The van der Waals surface area contributed by atoms with Crippen LogP contribution in [0.25, 0.3) is 0 Å². The first-order chi connectivity index (χ1) is 6.05. The van der Waals surface area contributed by atoms with Gasteiger partial charge >= 0.3 is 0 Å². The number of rotatable bonds is 3. The molecule has 1 nitrogen and oxygen atoms in total. The average Bonchev–Trinajstić information content (AvgIpc) is 2.05. The Kier molecular flexibility index (Phi) is 3.10. The zero-order chi connectivity index (χ0) is 9.90. The molecule has 0 saturated carbocycles. The highest BCUT2D eigenvalue weighted by molar-refractivity contribution is 5.22. The van der Waals surface area contributed by atoms with Crippen molar-refractivity contribution < 1.29 is 0 Å². The molecule has 1 atom stereocenters. The van der Waals surface area contributed by atoms with Gasteiger partial charge < -0.3 is 5.73 Å². The SMILES string of the molecule is CCC(c1ccccc1)C(C)(C)N. The minimum Gasteiger partial charge on any atom is -0.325 e. The molecular weight excluding hydrogens is 158 g/mol. The standard InChI is InChI=1S/C12H19N/c1-4-11(12(2,3)13)10-8-6-5-7-9-10/h5-9,11H,4,13H2,1-3H3. The van der Waals surface area contributed by atoms with Gasteiger partial charge in [-0.3, -0.25) is 0 Å². The molecule has 0 aliphatic carbocycles. The zero-order valence-corrected chi connectivity index (χ0v) is 8.75. The van der Waals surface area contributed by atoms with Crippen molar-refractivity contribution in [3.8, 4) is 0 Å². The first kappa shape index (κ1) is 10.3. The van der Waals surface area contributed by atoms with Gasteiger partial charge in [0, 0.05) is 11.5 Å². The fourth-order valence-electron chi connectivity index (χ4n) is 1.88. The van der Waals surface area contributed by atoms with E-state index in [9.17, 15) is 0 Å². The van der Waals surface area contributed by atoms with Gasteiger partial charge in [0.25, 0.3) is 0 Å². The summed E-state index contributed by atoms with van der Waals surface area (Å²) in [4.78, 5) is 0. The predicted molar refractivity (Wildman–Crippen MR) is 57.7 cm³/mol. The molecule has 2 N–H and O–H groups in total. The first-order valence-corrected chi connectivity index (χ1v) is 4.89. The van der Waals surface area contributed by atoms with Crippen molar-refractivity contribution in [2.45, 2.75) is 38.6 Å². The van der Waals surface area contributed by atoms with E-state index in [-0.39, 0.29) is 5.54 Å². The van der Waals surface area contributed by atoms with Gasteiger partial charge in [-0.15, -0.1) is 0 Å². The van der Waals surface area contributed by atoms with Gasteiger partial charge in [0.15, 0.2) is 0 Å². The van der Waals surface area contributed by atoms with Gasteiger partial charge in [0.1, 0.15) is 0 Å². The molecule has 1 aromatic carbocycles. The lowest BCUT2D eigenvalue weighted by Gasteiger charge is -2.30. The number of hydrogen-bond donors (Lipinski definition) is 1. The summed E-state index contributed by atoms with van der Waals surface area (Å²) in [6, 6.07) is 10.5. The van der Waals surface area contributed by atoms with Crippen molar-refractivity contribution in [2.24, 2.45) is 5.73 Å². The van der Waals surface area contributed by atoms with Crippen LogP contribution in [0.4, 0.5) is 0 Å². The van der Waals surface area contributed by atoms with Gasteiger partial charge in [-0.1, -0.05) is 37.3 Å². The molecule has 0 amide bonds. The topological polar surface area (TPSA) is 26.0 Å². The maximum atomic E-state index is 6.12. The molecule has 72 valence electrons. The second kappa shape index (κ2) is 3.93. The normalized spacial score (nSPS) is 14.2. The molecule has 1 unspecified atom stereocenters. The fraction of sp³-hybridized carbons (Fsp3) is 0.500. The Morgan fingerprint density at radius 2 is 1.77 bits per heavy atom. The van der Waals surface area contributed by atoms with Gasteiger partial charge in [-0.2, -0.15) is 0 Å². The highest BCUT2D eigenvalue weighted by atomic mass is 14.7. The van der Waals surface area contributed by atoms with Crippen molar-refractivity contribution in [1.82, 2.24) is 0 Å². The Balaban J connectivity index is 2.92. The second-order valence-electron chi connectivity index (χ2n) is 4.19. The lowest BCUT2D eigenvalue weighted by molar-refractivity contribution is 0.401. The van der Waals surface area contributed by atoms with Crippen molar-refractivity contribution in [3.05, 3.63) is 35.9 Å². The Morgan fingerprint density at radius 1 is 1.23 bits per heavy atom. The van der Waals surface area contributed by atoms with E-state index in [1.807, 2.05) is 6.07 Å². The first-order valence-electron chi connectivity index (χ1n) is 4.89. The molecule has 0 spiro atoms. The Bertz CT molecular complexity index is 246. The molecule has 0 aliphatic rings. The van der Waals surface area contributed by atoms with Crippen LogP contribution in [0.2, 0.25) is 0 Å². The number of benzene rings is 1. The summed E-state index contributed by atoms with van der Waals surface area (Å²) in [6.07, 6.45) is 1.09. The smallest absolute Gasteiger partial charge is 0.0166 e. The quantitative estimate of drug-likeness (QED) is 0.754. The molecule has 1 aromatic rings. The lowest BCUT2D eigenvalue weighted by atomic mass is 9.81. The summed E-state index contributed by atoms with van der Waals surface area (Å²) in [5.41, 5.74) is 7.34. The van der Waals surface area contributed by atoms with Crippen LogP contribution in [0.15, 0.2) is 30.3 Å². The minimum absolute atomic E-state index is 0.129. The van der Waals surface area contributed by atoms with Crippen LogP contribution in [-0.4, -0.2) is 5.54 Å². The molecule has 13 heavy (non-hydrogen) atoms. The van der Waals surface area contributed by atoms with Gasteiger partial charge in [0.05, 0.1) is 0 Å². The Morgan fingerprint density at radius 3 is 2.15 bits per heavy atom. The van der Waals surface area contributed by atoms with E-state index >= 15 is 0 Å². The molecule has 0 aromatic heterocycles. The van der Waals surface area contributed by atoms with Crippen molar-refractivity contribution in [1.29, 1.82) is 0 Å². The van der Waals surface area contributed by atoms with E-state index < -0.39 is 0 Å². The molecule has 0 saturated heterocycles. The van der Waals surface area contributed by atoms with E-state index in [1.165, 1.54) is 5.56 Å². The maximum Gasteiger partial charge on any atom is 0.0166 e. The minimum atomic E-state index is -0.129. The molecular formula is C12H19N. The van der Waals surface area contributed by atoms with Crippen LogP contribution >= 0.6 is 0 Å². The van der Waals surface area contributed by atoms with E-state index in [1.54, 1.807) is 0 Å². The molecule has 1 heteroatoms. The fourth-order valence-corrected chi connectivity index (χ4v) is 1.88. The molecule has 0 radical (unpaired) electrons. The predicted octanol–water partition coefficient (Wildman–Crippen LogP) is 2.92. The van der Waals surface area contributed by atoms with E-state index in [4.69, 9.17) is 5.73 Å². The molecule has 0 bridgehead atoms. The number of nitrogens with two attached hydrogens (primary N) is 1. The summed E-state index contributed by atoms with van der Waals surface area (Å²) < 4.78 is 0. The Hall–Kier alpha value is -0.820. The van der Waals surface area contributed by atoms with E-state index in [0.717, 1.165) is 6.42 Å². The number of hydrogen-bond acceptors (Lipinski definition) is 1. The van der Waals surface area contributed by atoms with Gasteiger partial charge in [-0.25, -0.2) is 0 Å². The summed E-state index contributed by atoms with van der Waals surface area (Å²) in [5, 5.41) is 0. The third-order valence-corrected chi connectivity index (χ3v) is 2.51. The van der Waals surface area contributed by atoms with Crippen molar-refractivity contribution in [2.75, 3.05) is 0 Å². The van der Waals surface area contributed by atoms with E-state index in [2.05, 4.69) is 45.0 Å². The molecule has 0 heterocycles. The highest BCUT2D eigenvalue weighted by Gasteiger charge is 2.24. The molecule has 0 aliphatic heterocycles. The van der Waals surface area contributed by atoms with Crippen LogP contribution < -0.4 is 5.73 Å². The molecule has 0 fully saturated rings. The van der Waals surface area contributed by atoms with E-state index in [0.29, 0.717) is 5.92 Å². The highest BCUT2D eigenvalue weighted by Crippen LogP contribution is 2.28. The monoisotopic (exact) mass is 177 g/mol. The lowest BCUT2D eigenvalue weighted by Crippen LogP contribution is -2.38. The molecule has 1 rings (SSSR count). The third-order valence-electron chi connectivity index (χ3n) is 2.51. The third kappa shape index (κ3) is 2.56.